The Morgan fingerprint density at radius 1 is 1.21 bits per heavy atom. The number of piperazine rings is 1. The molecule has 154 valence electrons. The molecule has 0 radical (unpaired) electrons. The maximum Gasteiger partial charge on any atom is 0.273 e. The predicted molar refractivity (Wildman–Crippen MR) is 113 cm³/mol. The second-order valence-corrected chi connectivity index (χ2v) is 7.25. The summed E-state index contributed by atoms with van der Waals surface area (Å²) >= 11 is 6.08. The van der Waals surface area contributed by atoms with E-state index in [1.54, 1.807) is 0 Å². The van der Waals surface area contributed by atoms with Crippen LogP contribution in [-0.2, 0) is 4.79 Å². The Hall–Kier alpha value is -2.84. The third kappa shape index (κ3) is 4.96. The zero-order valence-corrected chi connectivity index (χ0v) is 17.1. The van der Waals surface area contributed by atoms with Gasteiger partial charge >= 0.3 is 0 Å². The summed E-state index contributed by atoms with van der Waals surface area (Å²) in [4.78, 5) is 27.5. The number of carbonyl (C=O) groups is 1. The summed E-state index contributed by atoms with van der Waals surface area (Å²) in [5.74, 6) is 0.0684. The lowest BCUT2D eigenvalue weighted by Gasteiger charge is -2.38. The van der Waals surface area contributed by atoms with Gasteiger partial charge in [-0.1, -0.05) is 17.7 Å². The molecule has 2 aromatic carbocycles. The van der Waals surface area contributed by atoms with Crippen molar-refractivity contribution in [2.24, 2.45) is 0 Å². The fourth-order valence-corrected chi connectivity index (χ4v) is 3.52. The number of nitrogens with zero attached hydrogens (tertiary/aromatic N) is 3. The van der Waals surface area contributed by atoms with Crippen LogP contribution in [0.4, 0.5) is 17.1 Å². The van der Waals surface area contributed by atoms with Gasteiger partial charge in [-0.25, -0.2) is 0 Å². The number of hydrogen-bond donors (Lipinski definition) is 1. The third-order valence-corrected chi connectivity index (χ3v) is 5.30. The van der Waals surface area contributed by atoms with Crippen LogP contribution in [0.1, 0.15) is 6.92 Å². The van der Waals surface area contributed by atoms with Crippen LogP contribution in [0.5, 0.6) is 5.75 Å². The van der Waals surface area contributed by atoms with Crippen molar-refractivity contribution in [2.75, 3.05) is 43.5 Å². The molecule has 1 aliphatic rings. The summed E-state index contributed by atoms with van der Waals surface area (Å²) in [6.07, 6.45) is 0. The fraction of sp³-hybridized carbons (Fsp3) is 0.350. The molecule has 0 bridgehead atoms. The van der Waals surface area contributed by atoms with Crippen molar-refractivity contribution in [3.8, 4) is 5.75 Å². The smallest absolute Gasteiger partial charge is 0.273 e. The number of carbonyl (C=O) groups excluding carboxylic acids is 1. The van der Waals surface area contributed by atoms with Crippen molar-refractivity contribution in [2.45, 2.75) is 13.0 Å². The van der Waals surface area contributed by atoms with Gasteiger partial charge in [-0.2, -0.15) is 0 Å². The molecule has 1 heterocycles. The fourth-order valence-electron chi connectivity index (χ4n) is 3.34. The number of rotatable bonds is 6. The van der Waals surface area contributed by atoms with Crippen LogP contribution in [-0.4, -0.2) is 55.1 Å². The minimum absolute atomic E-state index is 0.0926. The molecular weight excluding hydrogens is 396 g/mol. The van der Waals surface area contributed by atoms with E-state index in [0.29, 0.717) is 10.7 Å². The Kier molecular flexibility index (Phi) is 6.56. The number of benzene rings is 2. The topological polar surface area (TPSA) is 87.9 Å². The Morgan fingerprint density at radius 2 is 1.93 bits per heavy atom. The van der Waals surface area contributed by atoms with Crippen LogP contribution in [0.2, 0.25) is 5.02 Å². The SMILES string of the molecule is COc1cc([N+](=O)[O-])ccc1NC(=O)[C@@H](C)N1CCN(c2cccc(Cl)c2)CC1. The average molecular weight is 419 g/mol. The summed E-state index contributed by atoms with van der Waals surface area (Å²) in [5.41, 5.74) is 1.39. The maximum atomic E-state index is 12.7. The summed E-state index contributed by atoms with van der Waals surface area (Å²) in [6, 6.07) is 11.5. The highest BCUT2D eigenvalue weighted by Crippen LogP contribution is 2.29. The highest BCUT2D eigenvalue weighted by molar-refractivity contribution is 6.30. The van der Waals surface area contributed by atoms with E-state index in [1.807, 2.05) is 31.2 Å². The second kappa shape index (κ2) is 9.11. The molecule has 29 heavy (non-hydrogen) atoms. The third-order valence-electron chi connectivity index (χ3n) is 5.07. The van der Waals surface area contributed by atoms with E-state index in [4.69, 9.17) is 16.3 Å². The zero-order valence-electron chi connectivity index (χ0n) is 16.3. The first-order chi connectivity index (χ1) is 13.9. The molecule has 1 atom stereocenters. The van der Waals surface area contributed by atoms with Gasteiger partial charge in [-0.15, -0.1) is 0 Å². The van der Waals surface area contributed by atoms with Crippen LogP contribution in [0, 0.1) is 10.1 Å². The number of amides is 1. The van der Waals surface area contributed by atoms with Crippen molar-refractivity contribution in [1.82, 2.24) is 4.90 Å². The number of ether oxygens (including phenoxy) is 1. The Balaban J connectivity index is 1.60. The van der Waals surface area contributed by atoms with Crippen LogP contribution >= 0.6 is 11.6 Å². The van der Waals surface area contributed by atoms with E-state index in [9.17, 15) is 14.9 Å². The van der Waals surface area contributed by atoms with Gasteiger partial charge in [0.2, 0.25) is 5.91 Å². The summed E-state index contributed by atoms with van der Waals surface area (Å²) in [6.45, 7) is 4.90. The molecule has 2 aromatic rings. The molecule has 1 N–H and O–H groups in total. The first-order valence-electron chi connectivity index (χ1n) is 9.27. The molecule has 1 saturated heterocycles. The lowest BCUT2D eigenvalue weighted by molar-refractivity contribution is -0.384. The van der Waals surface area contributed by atoms with Crippen molar-refractivity contribution in [1.29, 1.82) is 0 Å². The van der Waals surface area contributed by atoms with Crippen LogP contribution in [0.25, 0.3) is 0 Å². The summed E-state index contributed by atoms with van der Waals surface area (Å²) < 4.78 is 5.18. The number of hydrogen-bond acceptors (Lipinski definition) is 6. The minimum atomic E-state index is -0.504. The highest BCUT2D eigenvalue weighted by Gasteiger charge is 2.26. The van der Waals surface area contributed by atoms with E-state index in [0.717, 1.165) is 31.9 Å². The largest absolute Gasteiger partial charge is 0.494 e. The normalized spacial score (nSPS) is 15.6. The molecular formula is C20H23ClN4O4. The van der Waals surface area contributed by atoms with Gasteiger partial charge in [0.15, 0.2) is 0 Å². The van der Waals surface area contributed by atoms with E-state index < -0.39 is 4.92 Å². The molecule has 8 nitrogen and oxygen atoms in total. The number of halogens is 1. The van der Waals surface area contributed by atoms with Crippen molar-refractivity contribution in [3.63, 3.8) is 0 Å². The van der Waals surface area contributed by atoms with Gasteiger partial charge in [-0.3, -0.25) is 19.8 Å². The number of anilines is 2. The monoisotopic (exact) mass is 418 g/mol. The molecule has 0 spiro atoms. The molecule has 3 rings (SSSR count). The van der Waals surface area contributed by atoms with Gasteiger partial charge < -0.3 is 15.0 Å². The van der Waals surface area contributed by atoms with Crippen molar-refractivity contribution in [3.05, 3.63) is 57.6 Å². The molecule has 0 aromatic heterocycles. The van der Waals surface area contributed by atoms with Gasteiger partial charge in [-0.05, 0) is 31.2 Å². The summed E-state index contributed by atoms with van der Waals surface area (Å²) in [7, 11) is 1.41. The van der Waals surface area contributed by atoms with Crippen LogP contribution in [0.3, 0.4) is 0 Å². The number of methoxy groups -OCH3 is 1. The van der Waals surface area contributed by atoms with E-state index in [1.165, 1.54) is 25.3 Å². The van der Waals surface area contributed by atoms with E-state index >= 15 is 0 Å². The average Bonchev–Trinajstić information content (AvgIpc) is 2.73. The highest BCUT2D eigenvalue weighted by atomic mass is 35.5. The van der Waals surface area contributed by atoms with Crippen molar-refractivity contribution < 1.29 is 14.5 Å². The molecule has 9 heteroatoms. The predicted octanol–water partition coefficient (Wildman–Crippen LogP) is 3.41. The Labute approximate surface area is 174 Å². The molecule has 0 unspecified atom stereocenters. The Bertz CT molecular complexity index is 900. The maximum absolute atomic E-state index is 12.7. The lowest BCUT2D eigenvalue weighted by atomic mass is 10.2. The van der Waals surface area contributed by atoms with Crippen LogP contribution < -0.4 is 15.0 Å². The quantitative estimate of drug-likeness (QED) is 0.571. The molecule has 0 saturated carbocycles. The molecule has 1 amide bonds. The van der Waals surface area contributed by atoms with Crippen LogP contribution in [0.15, 0.2) is 42.5 Å². The lowest BCUT2D eigenvalue weighted by Crippen LogP contribution is -2.52. The summed E-state index contributed by atoms with van der Waals surface area (Å²) in [5, 5.41) is 14.4. The first kappa shape index (κ1) is 20.9. The van der Waals surface area contributed by atoms with Gasteiger partial charge in [0.05, 0.1) is 29.8 Å². The second-order valence-electron chi connectivity index (χ2n) is 6.81. The Morgan fingerprint density at radius 3 is 2.55 bits per heavy atom. The molecule has 0 aliphatic carbocycles. The standard InChI is InChI=1S/C20H23ClN4O4/c1-14(20(26)22-18-7-6-17(25(27)28)13-19(18)29-2)23-8-10-24(11-9-23)16-5-3-4-15(21)12-16/h3-7,12-14H,8-11H2,1-2H3,(H,22,26)/t14-/m1/s1. The number of nitrogens with one attached hydrogen (secondary N) is 1. The number of nitro groups is 1. The zero-order chi connectivity index (χ0) is 21.0. The number of nitro benzene ring substituents is 1. The van der Waals surface area contributed by atoms with E-state index in [-0.39, 0.29) is 23.4 Å². The van der Waals surface area contributed by atoms with Gasteiger partial charge in [0.1, 0.15) is 5.75 Å². The minimum Gasteiger partial charge on any atom is -0.494 e. The molecule has 1 aliphatic heterocycles. The number of non-ortho nitro benzene ring substituents is 1. The van der Waals surface area contributed by atoms with Gasteiger partial charge in [0.25, 0.3) is 5.69 Å². The molecule has 1 fully saturated rings. The van der Waals surface area contributed by atoms with Gasteiger partial charge in [0, 0.05) is 43.0 Å². The van der Waals surface area contributed by atoms with Crippen molar-refractivity contribution >= 4 is 34.6 Å². The van der Waals surface area contributed by atoms with E-state index in [2.05, 4.69) is 15.1 Å². The first-order valence-corrected chi connectivity index (χ1v) is 9.64.